The molecule has 5 heteroatoms. The summed E-state index contributed by atoms with van der Waals surface area (Å²) in [4.78, 5) is 23.5. The molecule has 1 fully saturated rings. The summed E-state index contributed by atoms with van der Waals surface area (Å²) in [5.74, 6) is 0.238. The lowest BCUT2D eigenvalue weighted by Crippen LogP contribution is -2.25. The molecule has 1 aliphatic carbocycles. The van der Waals surface area contributed by atoms with Crippen LogP contribution in [0.4, 0.5) is 5.69 Å². The topological polar surface area (TPSA) is 55.4 Å². The van der Waals surface area contributed by atoms with Crippen LogP contribution in [0.2, 0.25) is 5.02 Å². The number of esters is 1. The van der Waals surface area contributed by atoms with E-state index >= 15 is 0 Å². The minimum Gasteiger partial charge on any atom is -0.469 e. The zero-order valence-electron chi connectivity index (χ0n) is 12.1. The predicted octanol–water partition coefficient (Wildman–Crippen LogP) is 3.65. The second-order valence-corrected chi connectivity index (χ2v) is 5.94. The van der Waals surface area contributed by atoms with Crippen LogP contribution >= 0.6 is 11.6 Å². The monoisotopic (exact) mass is 309 g/mol. The number of benzene rings is 1. The Kier molecular flexibility index (Phi) is 5.62. The Morgan fingerprint density at radius 2 is 1.81 bits per heavy atom. The Balaban J connectivity index is 1.76. The molecule has 114 valence electrons. The van der Waals surface area contributed by atoms with Crippen LogP contribution in [0.15, 0.2) is 24.3 Å². The number of nitrogens with one attached hydrogen (secondary N) is 1. The first-order chi connectivity index (χ1) is 10.1. The molecule has 0 spiro atoms. The molecular formula is C16H20ClNO3. The van der Waals surface area contributed by atoms with Crippen LogP contribution in [0, 0.1) is 11.8 Å². The summed E-state index contributed by atoms with van der Waals surface area (Å²) in [5.41, 5.74) is 0.757. The fraction of sp³-hybridized carbons (Fsp3) is 0.500. The van der Waals surface area contributed by atoms with Gasteiger partial charge in [0, 0.05) is 17.1 Å². The molecule has 0 unspecified atom stereocenters. The van der Waals surface area contributed by atoms with Crippen LogP contribution in [0.25, 0.3) is 0 Å². The van der Waals surface area contributed by atoms with Gasteiger partial charge in [-0.25, -0.2) is 0 Å². The highest BCUT2D eigenvalue weighted by molar-refractivity contribution is 6.30. The van der Waals surface area contributed by atoms with E-state index in [1.807, 2.05) is 0 Å². The number of methoxy groups -OCH3 is 1. The van der Waals surface area contributed by atoms with Crippen LogP contribution in [0.1, 0.15) is 32.1 Å². The molecule has 2 rings (SSSR count). The van der Waals surface area contributed by atoms with Crippen molar-refractivity contribution in [3.63, 3.8) is 0 Å². The van der Waals surface area contributed by atoms with Gasteiger partial charge in [-0.1, -0.05) is 11.6 Å². The van der Waals surface area contributed by atoms with E-state index in [1.54, 1.807) is 24.3 Å². The zero-order valence-corrected chi connectivity index (χ0v) is 12.9. The summed E-state index contributed by atoms with van der Waals surface area (Å²) in [6.45, 7) is 0. The van der Waals surface area contributed by atoms with E-state index in [1.165, 1.54) is 7.11 Å². The molecule has 1 amide bonds. The van der Waals surface area contributed by atoms with Crippen LogP contribution in [0.5, 0.6) is 0 Å². The van der Waals surface area contributed by atoms with E-state index in [0.29, 0.717) is 17.4 Å². The minimum atomic E-state index is -0.126. The third-order valence-electron chi connectivity index (χ3n) is 3.98. The van der Waals surface area contributed by atoms with Crippen molar-refractivity contribution in [2.45, 2.75) is 32.1 Å². The molecule has 1 N–H and O–H groups in total. The van der Waals surface area contributed by atoms with Gasteiger partial charge in [0.25, 0.3) is 0 Å². The third kappa shape index (κ3) is 4.74. The maximum absolute atomic E-state index is 12.0. The Labute approximate surface area is 129 Å². The molecule has 0 saturated heterocycles. The molecule has 0 bridgehead atoms. The van der Waals surface area contributed by atoms with Gasteiger partial charge in [-0.3, -0.25) is 9.59 Å². The zero-order chi connectivity index (χ0) is 15.2. The van der Waals surface area contributed by atoms with Crippen molar-refractivity contribution >= 4 is 29.2 Å². The van der Waals surface area contributed by atoms with Crippen molar-refractivity contribution in [2.24, 2.45) is 11.8 Å². The van der Waals surface area contributed by atoms with Gasteiger partial charge < -0.3 is 10.1 Å². The predicted molar refractivity (Wildman–Crippen MR) is 82.2 cm³/mol. The molecule has 21 heavy (non-hydrogen) atoms. The van der Waals surface area contributed by atoms with E-state index in [2.05, 4.69) is 5.32 Å². The van der Waals surface area contributed by atoms with Gasteiger partial charge in [0.15, 0.2) is 0 Å². The van der Waals surface area contributed by atoms with Crippen molar-refractivity contribution in [1.29, 1.82) is 0 Å². The van der Waals surface area contributed by atoms with E-state index in [-0.39, 0.29) is 17.8 Å². The molecule has 4 nitrogen and oxygen atoms in total. The highest BCUT2D eigenvalue weighted by atomic mass is 35.5. The Morgan fingerprint density at radius 3 is 2.38 bits per heavy atom. The van der Waals surface area contributed by atoms with Crippen molar-refractivity contribution in [3.8, 4) is 0 Å². The van der Waals surface area contributed by atoms with Crippen molar-refractivity contribution in [2.75, 3.05) is 12.4 Å². The van der Waals surface area contributed by atoms with Crippen LogP contribution in [-0.2, 0) is 14.3 Å². The number of carbonyl (C=O) groups excluding carboxylic acids is 2. The summed E-state index contributed by atoms with van der Waals surface area (Å²) >= 11 is 5.80. The van der Waals surface area contributed by atoms with E-state index in [0.717, 1.165) is 31.4 Å². The molecule has 1 aliphatic rings. The van der Waals surface area contributed by atoms with Gasteiger partial charge in [-0.15, -0.1) is 0 Å². The Morgan fingerprint density at radius 1 is 1.19 bits per heavy atom. The number of ether oxygens (including phenoxy) is 1. The second kappa shape index (κ2) is 7.46. The average molecular weight is 310 g/mol. The molecular weight excluding hydrogens is 290 g/mol. The van der Waals surface area contributed by atoms with Crippen molar-refractivity contribution in [3.05, 3.63) is 29.3 Å². The minimum absolute atomic E-state index is 0.00516. The van der Waals surface area contributed by atoms with Crippen LogP contribution in [-0.4, -0.2) is 19.0 Å². The van der Waals surface area contributed by atoms with Gasteiger partial charge >= 0.3 is 5.97 Å². The Bertz CT molecular complexity index is 493. The maximum atomic E-state index is 12.0. The maximum Gasteiger partial charge on any atom is 0.308 e. The van der Waals surface area contributed by atoms with Gasteiger partial charge in [0.2, 0.25) is 5.91 Å². The number of rotatable bonds is 4. The number of anilines is 1. The number of amides is 1. The van der Waals surface area contributed by atoms with E-state index in [9.17, 15) is 9.59 Å². The standard InChI is InChI=1S/C16H20ClNO3/c1-21-16(20)12-4-2-11(3-5-12)10-15(19)18-14-8-6-13(17)7-9-14/h6-9,11-12H,2-5,10H2,1H3,(H,18,19). The summed E-state index contributed by atoms with van der Waals surface area (Å²) < 4.78 is 4.77. The number of hydrogen-bond acceptors (Lipinski definition) is 3. The molecule has 1 saturated carbocycles. The quantitative estimate of drug-likeness (QED) is 0.864. The number of carbonyl (C=O) groups is 2. The Hall–Kier alpha value is -1.55. The van der Waals surface area contributed by atoms with Gasteiger partial charge in [0.05, 0.1) is 13.0 Å². The molecule has 1 aromatic rings. The lowest BCUT2D eigenvalue weighted by atomic mass is 9.80. The lowest BCUT2D eigenvalue weighted by molar-refractivity contribution is -0.146. The number of hydrogen-bond donors (Lipinski definition) is 1. The van der Waals surface area contributed by atoms with Crippen LogP contribution < -0.4 is 5.32 Å². The number of halogens is 1. The molecule has 0 radical (unpaired) electrons. The molecule has 0 atom stereocenters. The highest BCUT2D eigenvalue weighted by Gasteiger charge is 2.27. The third-order valence-corrected chi connectivity index (χ3v) is 4.24. The van der Waals surface area contributed by atoms with Gasteiger partial charge in [-0.05, 0) is 55.9 Å². The summed E-state index contributed by atoms with van der Waals surface area (Å²) in [7, 11) is 1.42. The van der Waals surface area contributed by atoms with Gasteiger partial charge in [0.1, 0.15) is 0 Å². The summed E-state index contributed by atoms with van der Waals surface area (Å²) in [6.07, 6.45) is 3.91. The average Bonchev–Trinajstić information content (AvgIpc) is 2.49. The fourth-order valence-corrected chi connectivity index (χ4v) is 2.90. The largest absolute Gasteiger partial charge is 0.469 e. The molecule has 0 heterocycles. The SMILES string of the molecule is COC(=O)C1CCC(CC(=O)Nc2ccc(Cl)cc2)CC1. The fourth-order valence-electron chi connectivity index (χ4n) is 2.78. The first kappa shape index (κ1) is 15.8. The first-order valence-corrected chi connectivity index (χ1v) is 7.59. The van der Waals surface area contributed by atoms with Crippen LogP contribution in [0.3, 0.4) is 0 Å². The molecule has 1 aromatic carbocycles. The van der Waals surface area contributed by atoms with Crippen molar-refractivity contribution in [1.82, 2.24) is 0 Å². The summed E-state index contributed by atoms with van der Waals surface area (Å²) in [5, 5.41) is 3.52. The molecule has 0 aliphatic heterocycles. The molecule has 0 aromatic heterocycles. The lowest BCUT2D eigenvalue weighted by Gasteiger charge is -2.26. The first-order valence-electron chi connectivity index (χ1n) is 7.21. The van der Waals surface area contributed by atoms with Gasteiger partial charge in [-0.2, -0.15) is 0 Å². The normalized spacial score (nSPS) is 21.6. The van der Waals surface area contributed by atoms with E-state index < -0.39 is 0 Å². The summed E-state index contributed by atoms with van der Waals surface area (Å²) in [6, 6.07) is 7.07. The highest BCUT2D eigenvalue weighted by Crippen LogP contribution is 2.31. The smallest absolute Gasteiger partial charge is 0.308 e. The van der Waals surface area contributed by atoms with E-state index in [4.69, 9.17) is 16.3 Å². The second-order valence-electron chi connectivity index (χ2n) is 5.50. The van der Waals surface area contributed by atoms with Crippen molar-refractivity contribution < 1.29 is 14.3 Å².